The van der Waals surface area contributed by atoms with Crippen molar-refractivity contribution in [2.75, 3.05) is 16.4 Å². The lowest BCUT2D eigenvalue weighted by atomic mass is 10.2. The van der Waals surface area contributed by atoms with E-state index in [0.717, 1.165) is 0 Å². The van der Waals surface area contributed by atoms with Gasteiger partial charge in [-0.05, 0) is 30.7 Å². The van der Waals surface area contributed by atoms with Gasteiger partial charge in [-0.25, -0.2) is 12.8 Å². The van der Waals surface area contributed by atoms with Crippen molar-refractivity contribution in [3.05, 3.63) is 30.1 Å². The van der Waals surface area contributed by atoms with Crippen molar-refractivity contribution in [2.24, 2.45) is 4.99 Å². The highest BCUT2D eigenvalue weighted by Crippen LogP contribution is 2.41. The van der Waals surface area contributed by atoms with Crippen LogP contribution in [-0.4, -0.2) is 53.4 Å². The molecule has 7 nitrogen and oxygen atoms in total. The number of thioether (sulfide) groups is 1. The number of sulfone groups is 1. The Morgan fingerprint density at radius 1 is 1.23 bits per heavy atom. The Bertz CT molecular complexity index is 854. The second kappa shape index (κ2) is 7.36. The van der Waals surface area contributed by atoms with Crippen molar-refractivity contribution < 1.29 is 27.5 Å². The molecule has 1 N–H and O–H groups in total. The Morgan fingerprint density at radius 3 is 2.58 bits per heavy atom. The third-order valence-corrected chi connectivity index (χ3v) is 7.38. The predicted octanol–water partition coefficient (Wildman–Crippen LogP) is 1.68. The molecule has 2 fully saturated rings. The Morgan fingerprint density at radius 2 is 1.92 bits per heavy atom. The van der Waals surface area contributed by atoms with Crippen LogP contribution < -0.4 is 4.90 Å². The van der Waals surface area contributed by atoms with Crippen LogP contribution in [-0.2, 0) is 19.4 Å². The minimum Gasteiger partial charge on any atom is -0.481 e. The number of halogens is 1. The average molecular weight is 400 g/mol. The van der Waals surface area contributed by atoms with E-state index in [9.17, 15) is 22.4 Å². The highest BCUT2D eigenvalue weighted by Gasteiger charge is 2.49. The lowest BCUT2D eigenvalue weighted by Crippen LogP contribution is -2.37. The lowest BCUT2D eigenvalue weighted by Gasteiger charge is -2.24. The number of fused-ring (bicyclic) bond motifs is 1. The molecule has 0 bridgehead atoms. The fourth-order valence-corrected chi connectivity index (χ4v) is 6.95. The fourth-order valence-electron chi connectivity index (χ4n) is 3.02. The van der Waals surface area contributed by atoms with Crippen molar-refractivity contribution in [3.63, 3.8) is 0 Å². The summed E-state index contributed by atoms with van der Waals surface area (Å²) in [5.41, 5.74) is 0.570. The molecule has 1 amide bonds. The molecule has 26 heavy (non-hydrogen) atoms. The zero-order chi connectivity index (χ0) is 18.9. The number of aliphatic imine (C=N–C) groups is 1. The van der Waals surface area contributed by atoms with Gasteiger partial charge < -0.3 is 10.0 Å². The SMILES string of the molecule is O=C(O)CCCC(=O)N=C1S[C@@H]2CS(=O)(=O)C[C@@H]2N1c1ccc(F)cc1. The number of anilines is 1. The van der Waals surface area contributed by atoms with Crippen molar-refractivity contribution in [3.8, 4) is 0 Å². The number of amidine groups is 1. The van der Waals surface area contributed by atoms with Crippen LogP contribution >= 0.6 is 11.8 Å². The van der Waals surface area contributed by atoms with Gasteiger partial charge in [0.15, 0.2) is 15.0 Å². The maximum atomic E-state index is 13.2. The Kier molecular flexibility index (Phi) is 5.33. The van der Waals surface area contributed by atoms with Gasteiger partial charge in [-0.15, -0.1) is 0 Å². The van der Waals surface area contributed by atoms with Crippen LogP contribution in [0.15, 0.2) is 29.3 Å². The smallest absolute Gasteiger partial charge is 0.303 e. The Labute approximate surface area is 154 Å². The maximum absolute atomic E-state index is 13.2. The topological polar surface area (TPSA) is 104 Å². The van der Waals surface area contributed by atoms with Gasteiger partial charge in [0.2, 0.25) is 5.91 Å². The number of carbonyl (C=O) groups is 2. The van der Waals surface area contributed by atoms with Gasteiger partial charge in [-0.1, -0.05) is 11.8 Å². The highest BCUT2D eigenvalue weighted by atomic mass is 32.2. The summed E-state index contributed by atoms with van der Waals surface area (Å²) >= 11 is 1.22. The molecule has 1 aromatic carbocycles. The minimum atomic E-state index is -3.17. The molecule has 1 aromatic rings. The first kappa shape index (κ1) is 18.8. The van der Waals surface area contributed by atoms with Gasteiger partial charge in [-0.3, -0.25) is 9.59 Å². The van der Waals surface area contributed by atoms with Gasteiger partial charge in [-0.2, -0.15) is 4.99 Å². The van der Waals surface area contributed by atoms with Crippen LogP contribution in [0.1, 0.15) is 19.3 Å². The second-order valence-corrected chi connectivity index (χ2v) is 9.54. The first-order valence-electron chi connectivity index (χ1n) is 8.00. The number of amides is 1. The molecule has 0 aromatic heterocycles. The van der Waals surface area contributed by atoms with Gasteiger partial charge in [0.1, 0.15) is 5.82 Å². The molecule has 140 valence electrons. The van der Waals surface area contributed by atoms with Gasteiger partial charge in [0, 0.05) is 23.8 Å². The Balaban J connectivity index is 1.84. The first-order chi connectivity index (χ1) is 12.2. The quantitative estimate of drug-likeness (QED) is 0.802. The maximum Gasteiger partial charge on any atom is 0.303 e. The van der Waals surface area contributed by atoms with E-state index in [4.69, 9.17) is 5.11 Å². The van der Waals surface area contributed by atoms with Gasteiger partial charge >= 0.3 is 5.97 Å². The molecular formula is C16H17FN2O5S2. The van der Waals surface area contributed by atoms with Crippen molar-refractivity contribution >= 4 is 44.3 Å². The van der Waals surface area contributed by atoms with Crippen LogP contribution in [0, 0.1) is 5.82 Å². The molecule has 3 rings (SSSR count). The van der Waals surface area contributed by atoms with Gasteiger partial charge in [0.05, 0.1) is 17.5 Å². The number of carboxylic acids is 1. The molecule has 0 unspecified atom stereocenters. The standard InChI is InChI=1S/C16H17FN2O5S2/c17-10-4-6-11(7-5-10)19-12-8-26(23,24)9-13(12)25-16(19)18-14(20)2-1-3-15(21)22/h4-7,12-13H,1-3,8-9H2,(H,21,22)/t12-,13+/m0/s1. The molecule has 2 aliphatic rings. The van der Waals surface area contributed by atoms with Crippen LogP contribution in [0.2, 0.25) is 0 Å². The molecule has 2 saturated heterocycles. The fraction of sp³-hybridized carbons (Fsp3) is 0.438. The average Bonchev–Trinajstić information content (AvgIpc) is 2.99. The van der Waals surface area contributed by atoms with Crippen LogP contribution in [0.25, 0.3) is 0 Å². The van der Waals surface area contributed by atoms with E-state index < -0.39 is 27.5 Å². The largest absolute Gasteiger partial charge is 0.481 e. The zero-order valence-corrected chi connectivity index (χ0v) is 15.3. The van der Waals surface area contributed by atoms with Crippen LogP contribution in [0.3, 0.4) is 0 Å². The summed E-state index contributed by atoms with van der Waals surface area (Å²) in [6.45, 7) is 0. The molecule has 0 spiro atoms. The molecule has 0 aliphatic carbocycles. The number of hydrogen-bond acceptors (Lipinski definition) is 5. The summed E-state index contributed by atoms with van der Waals surface area (Å²) in [4.78, 5) is 28.3. The molecule has 0 saturated carbocycles. The molecule has 10 heteroatoms. The summed E-state index contributed by atoms with van der Waals surface area (Å²) in [7, 11) is -3.17. The summed E-state index contributed by atoms with van der Waals surface area (Å²) in [6, 6.07) is 5.22. The number of nitrogens with zero attached hydrogens (tertiary/aromatic N) is 2. The molecule has 2 atom stereocenters. The van der Waals surface area contributed by atoms with E-state index in [2.05, 4.69) is 4.99 Å². The summed E-state index contributed by atoms with van der Waals surface area (Å²) in [5, 5.41) is 8.77. The van der Waals surface area contributed by atoms with E-state index in [1.165, 1.54) is 36.0 Å². The number of benzene rings is 1. The number of aliphatic carboxylic acids is 1. The predicted molar refractivity (Wildman–Crippen MR) is 96.6 cm³/mol. The third-order valence-electron chi connectivity index (χ3n) is 4.17. The zero-order valence-electron chi connectivity index (χ0n) is 13.7. The van der Waals surface area contributed by atoms with Crippen molar-refractivity contribution in [1.82, 2.24) is 0 Å². The second-order valence-electron chi connectivity index (χ2n) is 6.18. The highest BCUT2D eigenvalue weighted by molar-refractivity contribution is 8.16. The van der Waals surface area contributed by atoms with Crippen molar-refractivity contribution in [2.45, 2.75) is 30.6 Å². The van der Waals surface area contributed by atoms with Crippen molar-refractivity contribution in [1.29, 1.82) is 0 Å². The number of rotatable bonds is 5. The first-order valence-corrected chi connectivity index (χ1v) is 10.7. The number of carboxylic acid groups (broad SMARTS) is 1. The molecule has 2 heterocycles. The minimum absolute atomic E-state index is 0.00124. The van der Waals surface area contributed by atoms with Crippen LogP contribution in [0.5, 0.6) is 0 Å². The molecule has 0 radical (unpaired) electrons. The van der Waals surface area contributed by atoms with E-state index in [-0.39, 0.29) is 42.1 Å². The number of carbonyl (C=O) groups excluding carboxylic acids is 1. The number of hydrogen-bond donors (Lipinski definition) is 1. The van der Waals surface area contributed by atoms with E-state index in [0.29, 0.717) is 10.9 Å². The molecule has 2 aliphatic heterocycles. The normalized spacial score (nSPS) is 25.4. The van der Waals surface area contributed by atoms with E-state index in [1.54, 1.807) is 4.90 Å². The third kappa shape index (κ3) is 4.24. The summed E-state index contributed by atoms with van der Waals surface area (Å²) < 4.78 is 37.1. The summed E-state index contributed by atoms with van der Waals surface area (Å²) in [6.07, 6.45) is 0.0730. The van der Waals surface area contributed by atoms with E-state index >= 15 is 0 Å². The molecular weight excluding hydrogens is 383 g/mol. The lowest BCUT2D eigenvalue weighted by molar-refractivity contribution is -0.137. The Hall–Kier alpha value is -1.94. The summed E-state index contributed by atoms with van der Waals surface area (Å²) in [5.74, 6) is -1.89. The van der Waals surface area contributed by atoms with Gasteiger partial charge in [0.25, 0.3) is 0 Å². The monoisotopic (exact) mass is 400 g/mol. The van der Waals surface area contributed by atoms with Crippen LogP contribution in [0.4, 0.5) is 10.1 Å². The van der Waals surface area contributed by atoms with E-state index in [1.807, 2.05) is 0 Å².